The van der Waals surface area contributed by atoms with Crippen molar-refractivity contribution in [1.82, 2.24) is 5.32 Å². The predicted molar refractivity (Wildman–Crippen MR) is 74.9 cm³/mol. The molecular formula is C14H18FNO2S. The minimum atomic E-state index is -0.276. The number of amides is 1. The monoisotopic (exact) mass is 283 g/mol. The second-order valence-corrected chi connectivity index (χ2v) is 5.73. The van der Waals surface area contributed by atoms with Crippen molar-refractivity contribution in [2.45, 2.75) is 30.3 Å². The minimum absolute atomic E-state index is 0.0459. The van der Waals surface area contributed by atoms with Crippen molar-refractivity contribution in [3.8, 4) is 5.75 Å². The molecule has 0 aromatic heterocycles. The summed E-state index contributed by atoms with van der Waals surface area (Å²) >= 11 is 1.55. The molecule has 104 valence electrons. The molecule has 5 heteroatoms. The van der Waals surface area contributed by atoms with E-state index in [1.165, 1.54) is 12.1 Å². The lowest BCUT2D eigenvalue weighted by atomic mass is 10.2. The summed E-state index contributed by atoms with van der Waals surface area (Å²) in [6.07, 6.45) is 2.97. The van der Waals surface area contributed by atoms with Gasteiger partial charge in [-0.3, -0.25) is 4.79 Å². The highest BCUT2D eigenvalue weighted by atomic mass is 32.2. The van der Waals surface area contributed by atoms with Crippen molar-refractivity contribution < 1.29 is 13.9 Å². The topological polar surface area (TPSA) is 38.3 Å². The van der Waals surface area contributed by atoms with E-state index in [2.05, 4.69) is 5.32 Å². The Labute approximate surface area is 116 Å². The van der Waals surface area contributed by atoms with Crippen LogP contribution in [0.25, 0.3) is 0 Å². The molecule has 1 atom stereocenters. The van der Waals surface area contributed by atoms with Crippen molar-refractivity contribution in [3.63, 3.8) is 0 Å². The molecule has 2 rings (SSSR count). The van der Waals surface area contributed by atoms with Gasteiger partial charge in [-0.15, -0.1) is 11.8 Å². The summed E-state index contributed by atoms with van der Waals surface area (Å²) in [6, 6.07) is 4.48. The average Bonchev–Trinajstić information content (AvgIpc) is 2.61. The molecule has 1 N–H and O–H groups in total. The summed E-state index contributed by atoms with van der Waals surface area (Å²) in [5.74, 6) is 1.07. The Morgan fingerprint density at radius 1 is 1.47 bits per heavy atom. The molecule has 1 fully saturated rings. The molecule has 3 nitrogen and oxygen atoms in total. The van der Waals surface area contributed by atoms with Gasteiger partial charge in [-0.2, -0.15) is 0 Å². The lowest BCUT2D eigenvalue weighted by Gasteiger charge is -2.14. The van der Waals surface area contributed by atoms with E-state index < -0.39 is 0 Å². The van der Waals surface area contributed by atoms with Gasteiger partial charge < -0.3 is 10.1 Å². The van der Waals surface area contributed by atoms with Gasteiger partial charge in [0.05, 0.1) is 12.4 Å². The first kappa shape index (κ1) is 14.2. The first-order valence-electron chi connectivity index (χ1n) is 6.42. The van der Waals surface area contributed by atoms with Crippen LogP contribution in [-0.4, -0.2) is 24.8 Å². The number of hydrogen-bond acceptors (Lipinski definition) is 3. The highest BCUT2D eigenvalue weighted by molar-refractivity contribution is 7.99. The number of rotatable bonds is 4. The maximum Gasteiger partial charge on any atom is 0.233 e. The molecule has 1 heterocycles. The highest BCUT2D eigenvalue weighted by Crippen LogP contribution is 2.28. The van der Waals surface area contributed by atoms with Crippen LogP contribution < -0.4 is 10.1 Å². The third-order valence-electron chi connectivity index (χ3n) is 3.17. The number of benzene rings is 1. The zero-order valence-corrected chi connectivity index (χ0v) is 11.8. The second-order valence-electron chi connectivity index (χ2n) is 4.54. The molecule has 0 unspecified atom stereocenters. The molecule has 1 aliphatic rings. The van der Waals surface area contributed by atoms with Crippen LogP contribution in [0.3, 0.4) is 0 Å². The molecule has 0 saturated carbocycles. The van der Waals surface area contributed by atoms with Crippen molar-refractivity contribution in [2.75, 3.05) is 13.7 Å². The van der Waals surface area contributed by atoms with Crippen LogP contribution in [0.5, 0.6) is 5.75 Å². The molecule has 1 aromatic rings. The smallest absolute Gasteiger partial charge is 0.233 e. The summed E-state index contributed by atoms with van der Waals surface area (Å²) < 4.78 is 18.5. The zero-order valence-electron chi connectivity index (χ0n) is 10.9. The van der Waals surface area contributed by atoms with E-state index in [4.69, 9.17) is 4.74 Å². The van der Waals surface area contributed by atoms with Crippen molar-refractivity contribution in [1.29, 1.82) is 0 Å². The number of hydrogen-bond donors (Lipinski definition) is 1. The molecule has 0 aliphatic carbocycles. The molecule has 1 saturated heterocycles. The highest BCUT2D eigenvalue weighted by Gasteiger charge is 2.21. The number of ether oxygens (including phenoxy) is 1. The van der Waals surface area contributed by atoms with Gasteiger partial charge in [-0.05, 0) is 31.0 Å². The number of carbonyl (C=O) groups excluding carboxylic acids is 1. The Morgan fingerprint density at radius 3 is 3.11 bits per heavy atom. The Balaban J connectivity index is 2.01. The molecule has 1 amide bonds. The van der Waals surface area contributed by atoms with Crippen LogP contribution in [0.1, 0.15) is 24.8 Å². The molecule has 19 heavy (non-hydrogen) atoms. The summed E-state index contributed by atoms with van der Waals surface area (Å²) in [5, 5.41) is 2.86. The van der Waals surface area contributed by atoms with Gasteiger partial charge in [0, 0.05) is 17.9 Å². The van der Waals surface area contributed by atoms with Gasteiger partial charge in [0.25, 0.3) is 0 Å². The summed E-state index contributed by atoms with van der Waals surface area (Å²) in [6.45, 7) is 0.763. The van der Waals surface area contributed by atoms with E-state index in [1.54, 1.807) is 24.9 Å². The fraction of sp³-hybridized carbons (Fsp3) is 0.500. The third kappa shape index (κ3) is 3.86. The van der Waals surface area contributed by atoms with Gasteiger partial charge in [0.15, 0.2) is 0 Å². The Morgan fingerprint density at radius 2 is 2.32 bits per heavy atom. The molecule has 0 spiro atoms. The molecule has 1 aromatic carbocycles. The van der Waals surface area contributed by atoms with Gasteiger partial charge in [0.1, 0.15) is 11.6 Å². The number of halogens is 1. The van der Waals surface area contributed by atoms with E-state index in [-0.39, 0.29) is 17.0 Å². The minimum Gasteiger partial charge on any atom is -0.496 e. The fourth-order valence-corrected chi connectivity index (χ4v) is 3.29. The molecule has 0 radical (unpaired) electrons. The predicted octanol–water partition coefficient (Wildman–Crippen LogP) is 2.74. The van der Waals surface area contributed by atoms with Crippen molar-refractivity contribution in [2.24, 2.45) is 0 Å². The number of thioether (sulfide) groups is 1. The maximum atomic E-state index is 13.2. The second kappa shape index (κ2) is 6.80. The molecular weight excluding hydrogens is 265 g/mol. The van der Waals surface area contributed by atoms with Crippen LogP contribution in [0.2, 0.25) is 0 Å². The lowest BCUT2D eigenvalue weighted by Crippen LogP contribution is -2.30. The van der Waals surface area contributed by atoms with Crippen LogP contribution in [0.4, 0.5) is 4.39 Å². The Bertz CT molecular complexity index is 453. The lowest BCUT2D eigenvalue weighted by molar-refractivity contribution is -0.120. The van der Waals surface area contributed by atoms with Crippen LogP contribution in [0.15, 0.2) is 18.2 Å². The average molecular weight is 283 g/mol. The van der Waals surface area contributed by atoms with Crippen molar-refractivity contribution in [3.05, 3.63) is 29.6 Å². The van der Waals surface area contributed by atoms with Crippen LogP contribution >= 0.6 is 11.8 Å². The fourth-order valence-electron chi connectivity index (χ4n) is 2.12. The quantitative estimate of drug-likeness (QED) is 0.923. The van der Waals surface area contributed by atoms with Crippen LogP contribution in [0, 0.1) is 5.82 Å². The summed E-state index contributed by atoms with van der Waals surface area (Å²) in [5.41, 5.74) is 0.796. The third-order valence-corrected chi connectivity index (χ3v) is 4.50. The largest absolute Gasteiger partial charge is 0.496 e. The number of nitrogens with one attached hydrogen (secondary N) is 1. The number of methoxy groups -OCH3 is 1. The van der Waals surface area contributed by atoms with Gasteiger partial charge in [-0.1, -0.05) is 6.42 Å². The van der Waals surface area contributed by atoms with Gasteiger partial charge >= 0.3 is 0 Å². The normalized spacial score (nSPS) is 19.7. The van der Waals surface area contributed by atoms with Gasteiger partial charge in [-0.25, -0.2) is 4.39 Å². The molecule has 1 aliphatic heterocycles. The maximum absolute atomic E-state index is 13.2. The summed E-state index contributed by atoms with van der Waals surface area (Å²) in [4.78, 5) is 11.8. The Kier molecular flexibility index (Phi) is 5.07. The first-order valence-corrected chi connectivity index (χ1v) is 7.47. The zero-order chi connectivity index (χ0) is 13.7. The van der Waals surface area contributed by atoms with E-state index in [1.807, 2.05) is 0 Å². The van der Waals surface area contributed by atoms with E-state index in [0.29, 0.717) is 11.5 Å². The first-order chi connectivity index (χ1) is 9.20. The SMILES string of the molecule is COc1ccc(F)cc1CS[C@H]1CCCCNC1=O. The van der Waals surface area contributed by atoms with E-state index >= 15 is 0 Å². The van der Waals surface area contributed by atoms with Crippen LogP contribution in [-0.2, 0) is 10.5 Å². The van der Waals surface area contributed by atoms with E-state index in [0.717, 1.165) is 31.4 Å². The standard InChI is InChI=1S/C14H18FNO2S/c1-18-12-6-5-11(15)8-10(12)9-19-13-4-2-3-7-16-14(13)17/h5-6,8,13H,2-4,7,9H2,1H3,(H,16,17)/t13-/m0/s1. The summed E-state index contributed by atoms with van der Waals surface area (Å²) in [7, 11) is 1.57. The number of carbonyl (C=O) groups is 1. The Hall–Kier alpha value is -1.23. The van der Waals surface area contributed by atoms with E-state index in [9.17, 15) is 9.18 Å². The van der Waals surface area contributed by atoms with Gasteiger partial charge in [0.2, 0.25) is 5.91 Å². The van der Waals surface area contributed by atoms with Crippen molar-refractivity contribution >= 4 is 17.7 Å². The molecule has 0 bridgehead atoms.